The molecule has 1 amide bonds. The summed E-state index contributed by atoms with van der Waals surface area (Å²) < 4.78 is 11.8. The van der Waals surface area contributed by atoms with E-state index in [1.54, 1.807) is 36.4 Å². The van der Waals surface area contributed by atoms with E-state index >= 15 is 0 Å². The second-order valence-corrected chi connectivity index (χ2v) is 6.25. The number of carbonyl (C=O) groups is 1. The van der Waals surface area contributed by atoms with Crippen molar-refractivity contribution in [1.82, 2.24) is 0 Å². The third-order valence-corrected chi connectivity index (χ3v) is 4.13. The summed E-state index contributed by atoms with van der Waals surface area (Å²) in [5.41, 5.74) is 1.25. The van der Waals surface area contributed by atoms with E-state index in [-0.39, 0.29) is 12.4 Å². The number of hydrogen-bond acceptors (Lipinski definition) is 5. The van der Waals surface area contributed by atoms with Gasteiger partial charge in [-0.15, -0.1) is 0 Å². The number of nitrogens with one attached hydrogen (secondary N) is 1. The van der Waals surface area contributed by atoms with Crippen molar-refractivity contribution >= 4 is 27.7 Å². The molecule has 0 heterocycles. The van der Waals surface area contributed by atoms with Gasteiger partial charge < -0.3 is 19.7 Å². The monoisotopic (exact) mass is 409 g/mol. The van der Waals surface area contributed by atoms with E-state index in [9.17, 15) is 15.0 Å². The van der Waals surface area contributed by atoms with Crippen LogP contribution in [0.3, 0.4) is 0 Å². The maximum Gasteiger partial charge on any atom is 0.412 e. The van der Waals surface area contributed by atoms with Crippen molar-refractivity contribution in [1.29, 1.82) is 0 Å². The number of phenols is 1. The average molecular weight is 410 g/mol. The molecule has 3 N–H and O–H groups in total. The van der Waals surface area contributed by atoms with Gasteiger partial charge in [0, 0.05) is 30.3 Å². The van der Waals surface area contributed by atoms with E-state index in [1.165, 1.54) is 19.2 Å². The first-order valence-corrected chi connectivity index (χ1v) is 8.48. The number of aromatic hydroxyl groups is 1. The summed E-state index contributed by atoms with van der Waals surface area (Å²) in [6.07, 6.45) is -1.59. The zero-order valence-corrected chi connectivity index (χ0v) is 15.3. The molecule has 6 nitrogen and oxygen atoms in total. The Labute approximate surface area is 154 Å². The first-order valence-electron chi connectivity index (χ1n) is 7.69. The van der Waals surface area contributed by atoms with E-state index < -0.39 is 18.3 Å². The molecule has 0 aliphatic rings. The third kappa shape index (κ3) is 5.74. The van der Waals surface area contributed by atoms with Gasteiger partial charge in [-0.05, 0) is 42.0 Å². The number of aliphatic hydroxyl groups is 1. The van der Waals surface area contributed by atoms with Crippen molar-refractivity contribution < 1.29 is 24.5 Å². The smallest absolute Gasteiger partial charge is 0.412 e. The summed E-state index contributed by atoms with van der Waals surface area (Å²) in [6, 6.07) is 13.4. The van der Waals surface area contributed by atoms with Crippen molar-refractivity contribution in [2.24, 2.45) is 0 Å². The minimum absolute atomic E-state index is 0.106. The van der Waals surface area contributed by atoms with Gasteiger partial charge in [-0.25, -0.2) is 4.79 Å². The molecule has 2 rings (SSSR count). The number of halogens is 1. The first kappa shape index (κ1) is 19.2. The zero-order valence-electron chi connectivity index (χ0n) is 13.7. The lowest BCUT2D eigenvalue weighted by molar-refractivity contribution is -0.0306. The molecule has 7 heteroatoms. The molecule has 0 saturated heterocycles. The number of aliphatic hydroxyl groups excluding tert-OH is 1. The van der Waals surface area contributed by atoms with Gasteiger partial charge in [0.15, 0.2) is 6.10 Å². The summed E-state index contributed by atoms with van der Waals surface area (Å²) >= 11 is 3.33. The second kappa shape index (κ2) is 9.41. The Balaban J connectivity index is 2.15. The van der Waals surface area contributed by atoms with Crippen LogP contribution in [0.2, 0.25) is 0 Å². The predicted molar refractivity (Wildman–Crippen MR) is 97.6 cm³/mol. The highest BCUT2D eigenvalue weighted by Gasteiger charge is 2.27. The van der Waals surface area contributed by atoms with Gasteiger partial charge in [-0.1, -0.05) is 28.1 Å². The van der Waals surface area contributed by atoms with Gasteiger partial charge in [-0.2, -0.15) is 0 Å². The summed E-state index contributed by atoms with van der Waals surface area (Å²) in [6.45, 7) is -0.106. The molecule has 0 aromatic heterocycles. The van der Waals surface area contributed by atoms with E-state index in [0.29, 0.717) is 17.7 Å². The van der Waals surface area contributed by atoms with Crippen LogP contribution in [0.25, 0.3) is 0 Å². The molecule has 2 atom stereocenters. The van der Waals surface area contributed by atoms with Gasteiger partial charge >= 0.3 is 6.09 Å². The van der Waals surface area contributed by atoms with Gasteiger partial charge in [0.05, 0.1) is 0 Å². The van der Waals surface area contributed by atoms with Crippen LogP contribution in [0.15, 0.2) is 53.0 Å². The van der Waals surface area contributed by atoms with E-state index in [0.717, 1.165) is 4.47 Å². The molecule has 134 valence electrons. The fraction of sp³-hybridized carbons (Fsp3) is 0.278. The third-order valence-electron chi connectivity index (χ3n) is 3.60. The van der Waals surface area contributed by atoms with Crippen LogP contribution in [-0.4, -0.2) is 36.1 Å². The van der Waals surface area contributed by atoms with Crippen LogP contribution in [0.1, 0.15) is 18.1 Å². The van der Waals surface area contributed by atoms with Crippen molar-refractivity contribution in [3.63, 3.8) is 0 Å². The summed E-state index contributed by atoms with van der Waals surface area (Å²) in [7, 11) is 1.49. The molecule has 0 aliphatic carbocycles. The first-order chi connectivity index (χ1) is 12.0. The molecule has 0 saturated carbocycles. The highest BCUT2D eigenvalue weighted by molar-refractivity contribution is 9.10. The average Bonchev–Trinajstić information content (AvgIpc) is 2.61. The molecule has 25 heavy (non-hydrogen) atoms. The Bertz CT molecular complexity index is 675. The number of ether oxygens (including phenoxy) is 2. The minimum Gasteiger partial charge on any atom is -0.508 e. The van der Waals surface area contributed by atoms with Crippen molar-refractivity contribution in [2.75, 3.05) is 19.0 Å². The maximum absolute atomic E-state index is 12.3. The maximum atomic E-state index is 12.3. The highest BCUT2D eigenvalue weighted by atomic mass is 79.9. The number of phenolic OH excluding ortho intramolecular Hbond substituents is 1. The Kier molecular flexibility index (Phi) is 7.24. The Hall–Kier alpha value is -2.09. The molecule has 0 radical (unpaired) electrons. The predicted octanol–water partition coefficient (Wildman–Crippen LogP) is 3.84. The van der Waals surface area contributed by atoms with Gasteiger partial charge in [-0.3, -0.25) is 5.32 Å². The van der Waals surface area contributed by atoms with Gasteiger partial charge in [0.25, 0.3) is 0 Å². The summed E-state index contributed by atoms with van der Waals surface area (Å²) in [5.74, 6) is 0.109. The Morgan fingerprint density at radius 1 is 1.16 bits per heavy atom. The molecule has 0 unspecified atom stereocenters. The second-order valence-electron chi connectivity index (χ2n) is 5.34. The molecule has 0 fully saturated rings. The van der Waals surface area contributed by atoms with Gasteiger partial charge in [0.2, 0.25) is 0 Å². The van der Waals surface area contributed by atoms with Crippen molar-refractivity contribution in [3.8, 4) is 5.75 Å². The highest BCUT2D eigenvalue weighted by Crippen LogP contribution is 2.27. The number of rotatable bonds is 7. The summed E-state index contributed by atoms with van der Waals surface area (Å²) in [4.78, 5) is 12.3. The van der Waals surface area contributed by atoms with E-state index in [1.807, 2.05) is 0 Å². The van der Waals surface area contributed by atoms with Crippen molar-refractivity contribution in [3.05, 3.63) is 58.6 Å². The van der Waals surface area contributed by atoms with Crippen LogP contribution < -0.4 is 5.32 Å². The van der Waals surface area contributed by atoms with Crippen LogP contribution in [0, 0.1) is 0 Å². The lowest BCUT2D eigenvalue weighted by atomic mass is 10.0. The molecule has 0 spiro atoms. The number of hydrogen-bond donors (Lipinski definition) is 3. The molecule has 0 aliphatic heterocycles. The van der Waals surface area contributed by atoms with Crippen LogP contribution in [-0.2, 0) is 9.47 Å². The van der Waals surface area contributed by atoms with Crippen LogP contribution in [0.4, 0.5) is 10.5 Å². The molecular formula is C18H20BrNO5. The standard InChI is InChI=1S/C18H20BrNO5/c1-24-16(10-11-21)17(12-2-8-15(22)9-3-12)25-18(23)20-14-6-4-13(19)5-7-14/h2-9,16-17,21-22H,10-11H2,1H3,(H,20,23)/t16-,17-/m1/s1. The fourth-order valence-corrected chi connectivity index (χ4v) is 2.60. The quantitative estimate of drug-likeness (QED) is 0.646. The number of amides is 1. The van der Waals surface area contributed by atoms with Gasteiger partial charge in [0.1, 0.15) is 11.9 Å². The Morgan fingerprint density at radius 3 is 2.36 bits per heavy atom. The molecule has 2 aromatic rings. The number of benzene rings is 2. The van der Waals surface area contributed by atoms with Crippen LogP contribution >= 0.6 is 15.9 Å². The normalized spacial score (nSPS) is 13.1. The number of carbonyl (C=O) groups excluding carboxylic acids is 1. The lowest BCUT2D eigenvalue weighted by Gasteiger charge is -2.26. The van der Waals surface area contributed by atoms with E-state index in [4.69, 9.17) is 9.47 Å². The topological polar surface area (TPSA) is 88.0 Å². The molecule has 0 bridgehead atoms. The number of anilines is 1. The molecule has 2 aromatic carbocycles. The summed E-state index contributed by atoms with van der Waals surface area (Å²) in [5, 5.41) is 21.3. The largest absolute Gasteiger partial charge is 0.508 e. The SMILES string of the molecule is CO[C@H](CCO)[C@H](OC(=O)Nc1ccc(Br)cc1)c1ccc(O)cc1. The Morgan fingerprint density at radius 2 is 1.80 bits per heavy atom. The van der Waals surface area contributed by atoms with Crippen molar-refractivity contribution in [2.45, 2.75) is 18.6 Å². The van der Waals surface area contributed by atoms with Crippen LogP contribution in [0.5, 0.6) is 5.75 Å². The lowest BCUT2D eigenvalue weighted by Crippen LogP contribution is -2.28. The van der Waals surface area contributed by atoms with E-state index in [2.05, 4.69) is 21.2 Å². The number of methoxy groups -OCH3 is 1. The fourth-order valence-electron chi connectivity index (χ4n) is 2.34. The zero-order chi connectivity index (χ0) is 18.2. The minimum atomic E-state index is -0.729. The molecular weight excluding hydrogens is 390 g/mol.